The van der Waals surface area contributed by atoms with Crippen molar-refractivity contribution >= 4 is 0 Å². The number of nitrogens with zero attached hydrogens (tertiary/aromatic N) is 1. The van der Waals surface area contributed by atoms with Gasteiger partial charge in [-0.05, 0) is 37.3 Å². The van der Waals surface area contributed by atoms with Gasteiger partial charge in [-0.2, -0.15) is 0 Å². The summed E-state index contributed by atoms with van der Waals surface area (Å²) in [6, 6.07) is 11.7. The molecule has 1 aliphatic heterocycles. The van der Waals surface area contributed by atoms with Gasteiger partial charge in [-0.1, -0.05) is 50.1 Å². The average Bonchev–Trinajstić information content (AvgIpc) is 2.91. The van der Waals surface area contributed by atoms with Crippen molar-refractivity contribution in [2.75, 3.05) is 19.6 Å². The smallest absolute Gasteiger partial charge is 0.0174 e. The second kappa shape index (κ2) is 5.87. The number of likely N-dealkylation sites (tertiary alicyclic amines) is 1. The van der Waals surface area contributed by atoms with Crippen LogP contribution in [0.2, 0.25) is 0 Å². The molecule has 0 amide bonds. The maximum absolute atomic E-state index is 6.16. The van der Waals surface area contributed by atoms with Gasteiger partial charge in [0, 0.05) is 24.5 Å². The average molecular weight is 272 g/mol. The molecular weight excluding hydrogens is 244 g/mol. The molecule has 1 saturated carbocycles. The summed E-state index contributed by atoms with van der Waals surface area (Å²) in [5.74, 6) is 0.960. The number of rotatable bonds is 4. The van der Waals surface area contributed by atoms with E-state index in [1.165, 1.54) is 44.2 Å². The summed E-state index contributed by atoms with van der Waals surface area (Å²) >= 11 is 0. The molecule has 1 aromatic carbocycles. The van der Waals surface area contributed by atoms with Crippen molar-refractivity contribution in [1.29, 1.82) is 0 Å². The second-order valence-electron chi connectivity index (χ2n) is 7.00. The minimum absolute atomic E-state index is 0.0909. The van der Waals surface area contributed by atoms with Crippen molar-refractivity contribution in [1.82, 2.24) is 4.90 Å². The molecule has 110 valence electrons. The van der Waals surface area contributed by atoms with Crippen molar-refractivity contribution < 1.29 is 0 Å². The summed E-state index contributed by atoms with van der Waals surface area (Å²) in [6.45, 7) is 5.45. The first-order valence-electron chi connectivity index (χ1n) is 8.22. The lowest BCUT2D eigenvalue weighted by atomic mass is 9.80. The highest BCUT2D eigenvalue weighted by Gasteiger charge is 2.39. The summed E-state index contributed by atoms with van der Waals surface area (Å²) in [5, 5.41) is 0. The normalized spacial score (nSPS) is 29.9. The monoisotopic (exact) mass is 272 g/mol. The van der Waals surface area contributed by atoms with Gasteiger partial charge < -0.3 is 5.73 Å². The minimum Gasteiger partial charge on any atom is -0.330 e. The Labute approximate surface area is 123 Å². The highest BCUT2D eigenvalue weighted by atomic mass is 15.2. The summed E-state index contributed by atoms with van der Waals surface area (Å²) in [6.07, 6.45) is 7.12. The van der Waals surface area contributed by atoms with E-state index in [9.17, 15) is 0 Å². The van der Waals surface area contributed by atoms with E-state index < -0.39 is 0 Å². The zero-order chi connectivity index (χ0) is 14.0. The molecule has 2 N–H and O–H groups in total. The molecular formula is C18H28N2. The number of nitrogens with two attached hydrogens (primary N) is 1. The van der Waals surface area contributed by atoms with E-state index in [4.69, 9.17) is 5.73 Å². The van der Waals surface area contributed by atoms with E-state index in [1.807, 2.05) is 0 Å². The van der Waals surface area contributed by atoms with Crippen LogP contribution in [0.1, 0.15) is 44.6 Å². The Hall–Kier alpha value is -0.860. The van der Waals surface area contributed by atoms with Crippen LogP contribution in [0.3, 0.4) is 0 Å². The van der Waals surface area contributed by atoms with Gasteiger partial charge >= 0.3 is 0 Å². The number of hydrogen-bond acceptors (Lipinski definition) is 2. The Bertz CT molecular complexity index is 430. The van der Waals surface area contributed by atoms with Crippen LogP contribution in [-0.2, 0) is 5.41 Å². The molecule has 0 spiro atoms. The Kier molecular flexibility index (Phi) is 4.13. The fourth-order valence-electron chi connectivity index (χ4n) is 4.26. The molecule has 1 heterocycles. The van der Waals surface area contributed by atoms with E-state index in [2.05, 4.69) is 42.2 Å². The molecule has 0 aromatic heterocycles. The summed E-state index contributed by atoms with van der Waals surface area (Å²) in [7, 11) is 0. The Morgan fingerprint density at radius 1 is 1.15 bits per heavy atom. The predicted molar refractivity (Wildman–Crippen MR) is 84.8 cm³/mol. The first-order valence-corrected chi connectivity index (χ1v) is 8.22. The molecule has 2 aliphatic rings. The highest BCUT2D eigenvalue weighted by Crippen LogP contribution is 2.38. The lowest BCUT2D eigenvalue weighted by Gasteiger charge is -2.38. The highest BCUT2D eigenvalue weighted by molar-refractivity contribution is 5.25. The van der Waals surface area contributed by atoms with Crippen LogP contribution in [0.15, 0.2) is 30.3 Å². The third-order valence-electron chi connectivity index (χ3n) is 5.60. The summed E-state index contributed by atoms with van der Waals surface area (Å²) in [5.41, 5.74) is 7.64. The third kappa shape index (κ3) is 2.64. The zero-order valence-electron chi connectivity index (χ0n) is 12.7. The molecule has 2 heteroatoms. The van der Waals surface area contributed by atoms with Crippen molar-refractivity contribution in [3.05, 3.63) is 35.9 Å². The van der Waals surface area contributed by atoms with E-state index in [0.29, 0.717) is 0 Å². The van der Waals surface area contributed by atoms with Crippen LogP contribution >= 0.6 is 0 Å². The predicted octanol–water partition coefficient (Wildman–Crippen LogP) is 3.17. The number of fused-ring (bicyclic) bond motifs is 1. The van der Waals surface area contributed by atoms with Crippen molar-refractivity contribution in [3.63, 3.8) is 0 Å². The Morgan fingerprint density at radius 3 is 2.65 bits per heavy atom. The molecule has 2 fully saturated rings. The maximum atomic E-state index is 6.16. The molecule has 3 atom stereocenters. The molecule has 2 nitrogen and oxygen atoms in total. The van der Waals surface area contributed by atoms with Gasteiger partial charge in [-0.15, -0.1) is 0 Å². The van der Waals surface area contributed by atoms with Gasteiger partial charge in [-0.25, -0.2) is 0 Å². The van der Waals surface area contributed by atoms with Gasteiger partial charge in [0.05, 0.1) is 0 Å². The van der Waals surface area contributed by atoms with E-state index in [1.54, 1.807) is 0 Å². The quantitative estimate of drug-likeness (QED) is 0.912. The van der Waals surface area contributed by atoms with E-state index in [-0.39, 0.29) is 5.41 Å². The van der Waals surface area contributed by atoms with Gasteiger partial charge in [0.2, 0.25) is 0 Å². The lowest BCUT2D eigenvalue weighted by Crippen LogP contribution is -2.47. The van der Waals surface area contributed by atoms with Crippen LogP contribution in [-0.4, -0.2) is 30.6 Å². The molecule has 1 aliphatic carbocycles. The molecule has 1 aromatic rings. The molecule has 3 unspecified atom stereocenters. The van der Waals surface area contributed by atoms with Gasteiger partial charge in [0.1, 0.15) is 0 Å². The minimum atomic E-state index is 0.0909. The Balaban J connectivity index is 1.75. The molecule has 20 heavy (non-hydrogen) atoms. The van der Waals surface area contributed by atoms with E-state index >= 15 is 0 Å². The SMILES string of the molecule is CC(CN)(CN1CCC2CCCCC21)c1ccccc1. The summed E-state index contributed by atoms with van der Waals surface area (Å²) in [4.78, 5) is 2.74. The summed E-state index contributed by atoms with van der Waals surface area (Å²) < 4.78 is 0. The van der Waals surface area contributed by atoms with Crippen LogP contribution < -0.4 is 5.73 Å². The molecule has 0 radical (unpaired) electrons. The van der Waals surface area contributed by atoms with Crippen molar-refractivity contribution in [2.24, 2.45) is 11.7 Å². The standard InChI is InChI=1S/C18H28N2/c1-18(13-19,16-8-3-2-4-9-16)14-20-12-11-15-7-5-6-10-17(15)20/h2-4,8-9,15,17H,5-7,10-14,19H2,1H3. The lowest BCUT2D eigenvalue weighted by molar-refractivity contribution is 0.152. The third-order valence-corrected chi connectivity index (χ3v) is 5.60. The molecule has 1 saturated heterocycles. The molecule has 3 rings (SSSR count). The van der Waals surface area contributed by atoms with Crippen LogP contribution in [0, 0.1) is 5.92 Å². The molecule has 0 bridgehead atoms. The number of hydrogen-bond donors (Lipinski definition) is 1. The van der Waals surface area contributed by atoms with Crippen LogP contribution in [0.4, 0.5) is 0 Å². The zero-order valence-corrected chi connectivity index (χ0v) is 12.7. The van der Waals surface area contributed by atoms with Gasteiger partial charge in [0.15, 0.2) is 0 Å². The Morgan fingerprint density at radius 2 is 1.90 bits per heavy atom. The van der Waals surface area contributed by atoms with Crippen molar-refractivity contribution in [2.45, 2.75) is 50.5 Å². The van der Waals surface area contributed by atoms with Crippen LogP contribution in [0.5, 0.6) is 0 Å². The number of benzene rings is 1. The van der Waals surface area contributed by atoms with Crippen molar-refractivity contribution in [3.8, 4) is 0 Å². The van der Waals surface area contributed by atoms with Gasteiger partial charge in [0.25, 0.3) is 0 Å². The first kappa shape index (κ1) is 14.1. The van der Waals surface area contributed by atoms with Gasteiger partial charge in [-0.3, -0.25) is 4.90 Å². The van der Waals surface area contributed by atoms with E-state index in [0.717, 1.165) is 25.0 Å². The fourth-order valence-corrected chi connectivity index (χ4v) is 4.26. The largest absolute Gasteiger partial charge is 0.330 e. The maximum Gasteiger partial charge on any atom is 0.0174 e. The fraction of sp³-hybridized carbons (Fsp3) is 0.667. The first-order chi connectivity index (χ1) is 9.73. The topological polar surface area (TPSA) is 29.3 Å². The second-order valence-corrected chi connectivity index (χ2v) is 7.00. The van der Waals surface area contributed by atoms with Crippen LogP contribution in [0.25, 0.3) is 0 Å².